The predicted octanol–water partition coefficient (Wildman–Crippen LogP) is 2.37. The van der Waals surface area contributed by atoms with E-state index in [0.717, 1.165) is 17.0 Å². The largest absolute Gasteiger partial charge is 0.497 e. The number of aromatic nitrogens is 2. The van der Waals surface area contributed by atoms with Gasteiger partial charge in [-0.2, -0.15) is 5.10 Å². The van der Waals surface area contributed by atoms with Gasteiger partial charge in [-0.05, 0) is 30.7 Å². The quantitative estimate of drug-likeness (QED) is 0.849. The summed E-state index contributed by atoms with van der Waals surface area (Å²) < 4.78 is 6.87. The molecule has 0 radical (unpaired) electrons. The molecule has 104 valence electrons. The molecule has 0 unspecified atom stereocenters. The molecule has 20 heavy (non-hydrogen) atoms. The first-order valence-corrected chi connectivity index (χ1v) is 6.23. The van der Waals surface area contributed by atoms with Gasteiger partial charge >= 0.3 is 0 Å². The van der Waals surface area contributed by atoms with Crippen molar-refractivity contribution >= 4 is 11.7 Å². The van der Waals surface area contributed by atoms with E-state index in [1.807, 2.05) is 37.3 Å². The monoisotopic (exact) mass is 271 g/mol. The Morgan fingerprint density at radius 1 is 1.45 bits per heavy atom. The number of benzene rings is 1. The number of ether oxygens (including phenoxy) is 1. The number of carbonyl (C=O) groups excluding carboxylic acids is 1. The maximum atomic E-state index is 11.4. The van der Waals surface area contributed by atoms with E-state index in [4.69, 9.17) is 4.74 Å². The minimum Gasteiger partial charge on any atom is -0.497 e. The summed E-state index contributed by atoms with van der Waals surface area (Å²) >= 11 is 0. The van der Waals surface area contributed by atoms with Gasteiger partial charge in [0.05, 0.1) is 19.3 Å². The lowest BCUT2D eigenvalue weighted by Gasteiger charge is -2.08. The van der Waals surface area contributed by atoms with Crippen molar-refractivity contribution in [1.82, 2.24) is 9.78 Å². The molecule has 5 nitrogen and oxygen atoms in total. The van der Waals surface area contributed by atoms with Crippen LogP contribution in [0, 0.1) is 6.92 Å². The summed E-state index contributed by atoms with van der Waals surface area (Å²) in [6.45, 7) is 5.90. The van der Waals surface area contributed by atoms with Gasteiger partial charge in [0.2, 0.25) is 5.91 Å². The third kappa shape index (κ3) is 3.26. The van der Waals surface area contributed by atoms with Crippen LogP contribution >= 0.6 is 0 Å². The summed E-state index contributed by atoms with van der Waals surface area (Å²) in [7, 11) is 1.63. The van der Waals surface area contributed by atoms with Crippen LogP contribution in [0.5, 0.6) is 5.75 Å². The van der Waals surface area contributed by atoms with Crippen molar-refractivity contribution in [3.8, 4) is 5.75 Å². The molecule has 0 bridgehead atoms. The zero-order chi connectivity index (χ0) is 14.5. The van der Waals surface area contributed by atoms with Crippen LogP contribution in [0.3, 0.4) is 0 Å². The van der Waals surface area contributed by atoms with Crippen molar-refractivity contribution < 1.29 is 9.53 Å². The summed E-state index contributed by atoms with van der Waals surface area (Å²) in [5.74, 6) is 1.22. The zero-order valence-electron chi connectivity index (χ0n) is 11.6. The molecule has 2 aromatic rings. The van der Waals surface area contributed by atoms with Crippen LogP contribution in [0.4, 0.5) is 5.82 Å². The number of hydrogen-bond acceptors (Lipinski definition) is 3. The van der Waals surface area contributed by atoms with Gasteiger partial charge < -0.3 is 10.1 Å². The standard InChI is InChI=1S/C15H17N3O2/c1-4-15(19)16-14-9-11(2)17-18(14)10-12-5-7-13(20-3)8-6-12/h4-9H,1,10H2,2-3H3,(H,16,19). The summed E-state index contributed by atoms with van der Waals surface area (Å²) in [4.78, 5) is 11.4. The Balaban J connectivity index is 2.19. The van der Waals surface area contributed by atoms with Gasteiger partial charge in [-0.3, -0.25) is 4.79 Å². The molecule has 0 aliphatic rings. The first-order valence-electron chi connectivity index (χ1n) is 6.23. The van der Waals surface area contributed by atoms with Crippen LogP contribution in [-0.4, -0.2) is 22.8 Å². The van der Waals surface area contributed by atoms with E-state index < -0.39 is 0 Å². The molecule has 0 aliphatic carbocycles. The van der Waals surface area contributed by atoms with Crippen molar-refractivity contribution in [3.05, 3.63) is 54.2 Å². The lowest BCUT2D eigenvalue weighted by atomic mass is 10.2. The number of carbonyl (C=O) groups is 1. The maximum Gasteiger partial charge on any atom is 0.248 e. The number of aryl methyl sites for hydroxylation is 1. The SMILES string of the molecule is C=CC(=O)Nc1cc(C)nn1Cc1ccc(OC)cc1. The molecule has 1 aromatic heterocycles. The van der Waals surface area contributed by atoms with Crippen molar-refractivity contribution in [2.24, 2.45) is 0 Å². The second kappa shape index (κ2) is 6.06. The van der Waals surface area contributed by atoms with E-state index in [9.17, 15) is 4.79 Å². The number of amides is 1. The van der Waals surface area contributed by atoms with E-state index in [1.165, 1.54) is 6.08 Å². The van der Waals surface area contributed by atoms with Crippen molar-refractivity contribution in [3.63, 3.8) is 0 Å². The van der Waals surface area contributed by atoms with Crippen LogP contribution in [0.25, 0.3) is 0 Å². The number of nitrogens with one attached hydrogen (secondary N) is 1. The fourth-order valence-corrected chi connectivity index (χ4v) is 1.85. The minimum absolute atomic E-state index is 0.249. The molecule has 0 spiro atoms. The van der Waals surface area contributed by atoms with Gasteiger partial charge in [-0.1, -0.05) is 18.7 Å². The van der Waals surface area contributed by atoms with Gasteiger partial charge in [0, 0.05) is 6.07 Å². The third-order valence-corrected chi connectivity index (χ3v) is 2.83. The fraction of sp³-hybridized carbons (Fsp3) is 0.200. The van der Waals surface area contributed by atoms with Gasteiger partial charge in [0.25, 0.3) is 0 Å². The third-order valence-electron chi connectivity index (χ3n) is 2.83. The normalized spacial score (nSPS) is 10.1. The Bertz CT molecular complexity index is 615. The van der Waals surface area contributed by atoms with Crippen LogP contribution in [0.1, 0.15) is 11.3 Å². The van der Waals surface area contributed by atoms with E-state index in [2.05, 4.69) is 17.0 Å². The molecule has 0 saturated heterocycles. The molecule has 0 saturated carbocycles. The second-order valence-electron chi connectivity index (χ2n) is 4.37. The minimum atomic E-state index is -0.249. The molecule has 1 heterocycles. The highest BCUT2D eigenvalue weighted by Crippen LogP contribution is 2.16. The molecule has 1 amide bonds. The Labute approximate surface area is 117 Å². The van der Waals surface area contributed by atoms with E-state index in [-0.39, 0.29) is 5.91 Å². The Morgan fingerprint density at radius 2 is 2.15 bits per heavy atom. The number of rotatable bonds is 5. The van der Waals surface area contributed by atoms with Crippen LogP contribution < -0.4 is 10.1 Å². The van der Waals surface area contributed by atoms with Crippen LogP contribution in [0.15, 0.2) is 43.0 Å². The molecule has 0 aliphatic heterocycles. The predicted molar refractivity (Wildman–Crippen MR) is 77.9 cm³/mol. The molecule has 1 N–H and O–H groups in total. The van der Waals surface area contributed by atoms with E-state index in [1.54, 1.807) is 11.8 Å². The molecule has 5 heteroatoms. The van der Waals surface area contributed by atoms with E-state index >= 15 is 0 Å². The van der Waals surface area contributed by atoms with E-state index in [0.29, 0.717) is 12.4 Å². The Hall–Kier alpha value is -2.56. The smallest absolute Gasteiger partial charge is 0.248 e. The number of anilines is 1. The second-order valence-corrected chi connectivity index (χ2v) is 4.37. The highest BCUT2D eigenvalue weighted by Gasteiger charge is 2.08. The Morgan fingerprint density at radius 3 is 2.75 bits per heavy atom. The van der Waals surface area contributed by atoms with Gasteiger partial charge in [-0.25, -0.2) is 4.68 Å². The molecular formula is C15H17N3O2. The molecule has 0 fully saturated rings. The summed E-state index contributed by atoms with van der Waals surface area (Å²) in [5.41, 5.74) is 1.92. The van der Waals surface area contributed by atoms with Crippen molar-refractivity contribution in [1.29, 1.82) is 0 Å². The summed E-state index contributed by atoms with van der Waals surface area (Å²) in [6, 6.07) is 9.55. The lowest BCUT2D eigenvalue weighted by molar-refractivity contribution is -0.111. The molecular weight excluding hydrogens is 254 g/mol. The number of hydrogen-bond donors (Lipinski definition) is 1. The average molecular weight is 271 g/mol. The van der Waals surface area contributed by atoms with Crippen molar-refractivity contribution in [2.75, 3.05) is 12.4 Å². The topological polar surface area (TPSA) is 56.2 Å². The lowest BCUT2D eigenvalue weighted by Crippen LogP contribution is -2.13. The molecule has 0 atom stereocenters. The molecule has 2 rings (SSSR count). The number of nitrogens with zero attached hydrogens (tertiary/aromatic N) is 2. The van der Waals surface area contributed by atoms with Gasteiger partial charge in [-0.15, -0.1) is 0 Å². The summed E-state index contributed by atoms with van der Waals surface area (Å²) in [5, 5.41) is 7.11. The summed E-state index contributed by atoms with van der Waals surface area (Å²) in [6.07, 6.45) is 1.24. The average Bonchev–Trinajstić information content (AvgIpc) is 2.79. The van der Waals surface area contributed by atoms with Crippen LogP contribution in [-0.2, 0) is 11.3 Å². The highest BCUT2D eigenvalue weighted by molar-refractivity contribution is 5.98. The zero-order valence-corrected chi connectivity index (χ0v) is 11.6. The first kappa shape index (κ1) is 13.9. The van der Waals surface area contributed by atoms with Crippen LogP contribution in [0.2, 0.25) is 0 Å². The first-order chi connectivity index (χ1) is 9.62. The fourth-order valence-electron chi connectivity index (χ4n) is 1.85. The van der Waals surface area contributed by atoms with Crippen molar-refractivity contribution in [2.45, 2.75) is 13.5 Å². The highest BCUT2D eigenvalue weighted by atomic mass is 16.5. The van der Waals surface area contributed by atoms with Gasteiger partial charge in [0.1, 0.15) is 11.6 Å². The number of methoxy groups -OCH3 is 1. The molecule has 1 aromatic carbocycles. The Kier molecular flexibility index (Phi) is 4.20. The van der Waals surface area contributed by atoms with Gasteiger partial charge in [0.15, 0.2) is 0 Å². The maximum absolute atomic E-state index is 11.4.